The van der Waals surface area contributed by atoms with Gasteiger partial charge in [0.25, 0.3) is 5.91 Å². The Morgan fingerprint density at radius 2 is 1.59 bits per heavy atom. The number of nitrogens with one attached hydrogen (secondary N) is 1. The summed E-state index contributed by atoms with van der Waals surface area (Å²) in [7, 11) is 0. The number of carbonyl (C=O) groups excluding carboxylic acids is 3. The van der Waals surface area contributed by atoms with Crippen LogP contribution in [0, 0.1) is 5.92 Å². The monoisotopic (exact) mass is 454 g/mol. The summed E-state index contributed by atoms with van der Waals surface area (Å²) in [6, 6.07) is 13.6. The van der Waals surface area contributed by atoms with Gasteiger partial charge in [0.15, 0.2) is 0 Å². The molecule has 32 heavy (non-hydrogen) atoms. The molecule has 170 valence electrons. The number of carbonyl (C=O) groups is 3. The van der Waals surface area contributed by atoms with E-state index in [1.165, 1.54) is 11.3 Å². The Kier molecular flexibility index (Phi) is 7.55. The molecule has 1 N–H and O–H groups in total. The number of hydrogen-bond acceptors (Lipinski definition) is 5. The van der Waals surface area contributed by atoms with Crippen LogP contribution in [0.5, 0.6) is 0 Å². The fourth-order valence-corrected chi connectivity index (χ4v) is 5.02. The molecular weight excluding hydrogens is 424 g/mol. The number of rotatable bonds is 6. The van der Waals surface area contributed by atoms with Gasteiger partial charge in [-0.1, -0.05) is 36.4 Å². The van der Waals surface area contributed by atoms with Crippen molar-refractivity contribution in [3.8, 4) is 0 Å². The van der Waals surface area contributed by atoms with Gasteiger partial charge in [0.1, 0.15) is 0 Å². The molecule has 1 aromatic heterocycles. The van der Waals surface area contributed by atoms with Crippen LogP contribution < -0.4 is 5.32 Å². The van der Waals surface area contributed by atoms with Crippen LogP contribution in [0.15, 0.2) is 47.8 Å². The highest BCUT2D eigenvalue weighted by Crippen LogP contribution is 2.23. The third-order valence-electron chi connectivity index (χ3n) is 6.25. The second-order valence-electron chi connectivity index (χ2n) is 8.41. The zero-order valence-electron chi connectivity index (χ0n) is 18.2. The quantitative estimate of drug-likeness (QED) is 0.725. The van der Waals surface area contributed by atoms with Gasteiger partial charge in [-0.3, -0.25) is 19.3 Å². The fourth-order valence-electron chi connectivity index (χ4n) is 4.33. The van der Waals surface area contributed by atoms with Gasteiger partial charge >= 0.3 is 0 Å². The molecule has 0 unspecified atom stereocenters. The standard InChI is InChI=1S/C24H30N4O3S/c29-22(25-17-19-5-2-1-3-6-19)18-26-12-14-28(15-13-26)23(30)20-8-10-27(11-9-20)24(31)21-7-4-16-32-21/h1-7,16,20H,8-15,17-18H2,(H,25,29). The lowest BCUT2D eigenvalue weighted by Crippen LogP contribution is -2.53. The smallest absolute Gasteiger partial charge is 0.263 e. The van der Waals surface area contributed by atoms with Crippen LogP contribution in [0.3, 0.4) is 0 Å². The van der Waals surface area contributed by atoms with Crippen LogP contribution in [0.25, 0.3) is 0 Å². The molecule has 3 heterocycles. The Morgan fingerprint density at radius 3 is 2.25 bits per heavy atom. The van der Waals surface area contributed by atoms with E-state index in [1.807, 2.05) is 57.6 Å². The van der Waals surface area contributed by atoms with E-state index in [2.05, 4.69) is 10.2 Å². The van der Waals surface area contributed by atoms with Crippen LogP contribution in [0.4, 0.5) is 0 Å². The van der Waals surface area contributed by atoms with E-state index in [0.29, 0.717) is 52.4 Å². The number of hydrogen-bond donors (Lipinski definition) is 1. The van der Waals surface area contributed by atoms with E-state index in [-0.39, 0.29) is 23.6 Å². The van der Waals surface area contributed by atoms with Gasteiger partial charge in [-0.25, -0.2) is 0 Å². The number of amides is 3. The number of likely N-dealkylation sites (tertiary alicyclic amines) is 1. The van der Waals surface area contributed by atoms with Gasteiger partial charge in [-0.05, 0) is 29.9 Å². The molecule has 1 aromatic carbocycles. The van der Waals surface area contributed by atoms with Crippen LogP contribution in [-0.4, -0.2) is 78.2 Å². The molecule has 0 spiro atoms. The van der Waals surface area contributed by atoms with Crippen molar-refractivity contribution in [1.82, 2.24) is 20.0 Å². The van der Waals surface area contributed by atoms with Crippen molar-refractivity contribution in [2.75, 3.05) is 45.8 Å². The minimum Gasteiger partial charge on any atom is -0.351 e. The third kappa shape index (κ3) is 5.75. The van der Waals surface area contributed by atoms with Crippen molar-refractivity contribution < 1.29 is 14.4 Å². The van der Waals surface area contributed by atoms with Gasteiger partial charge in [-0.15, -0.1) is 11.3 Å². The Bertz CT molecular complexity index is 903. The van der Waals surface area contributed by atoms with Crippen molar-refractivity contribution in [2.24, 2.45) is 5.92 Å². The topological polar surface area (TPSA) is 73.0 Å². The minimum absolute atomic E-state index is 0.0106. The molecule has 3 amide bonds. The predicted octanol–water partition coefficient (Wildman–Crippen LogP) is 2.06. The first-order valence-electron chi connectivity index (χ1n) is 11.2. The van der Waals surface area contributed by atoms with Crippen molar-refractivity contribution in [3.05, 3.63) is 58.3 Å². The average Bonchev–Trinajstić information content (AvgIpc) is 3.38. The number of thiophene rings is 1. The van der Waals surface area contributed by atoms with E-state index in [9.17, 15) is 14.4 Å². The van der Waals surface area contributed by atoms with E-state index >= 15 is 0 Å². The van der Waals surface area contributed by atoms with E-state index < -0.39 is 0 Å². The summed E-state index contributed by atoms with van der Waals surface area (Å²) < 4.78 is 0. The summed E-state index contributed by atoms with van der Waals surface area (Å²) in [6.07, 6.45) is 1.44. The summed E-state index contributed by atoms with van der Waals surface area (Å²) in [6.45, 7) is 4.88. The predicted molar refractivity (Wildman–Crippen MR) is 124 cm³/mol. The van der Waals surface area contributed by atoms with E-state index in [1.54, 1.807) is 0 Å². The zero-order valence-corrected chi connectivity index (χ0v) is 19.1. The van der Waals surface area contributed by atoms with Crippen LogP contribution in [0.1, 0.15) is 28.1 Å². The van der Waals surface area contributed by atoms with Crippen molar-refractivity contribution in [1.29, 1.82) is 0 Å². The average molecular weight is 455 g/mol. The lowest BCUT2D eigenvalue weighted by Gasteiger charge is -2.38. The molecule has 0 radical (unpaired) electrons. The number of nitrogens with zero attached hydrogens (tertiary/aromatic N) is 3. The molecule has 2 aromatic rings. The summed E-state index contributed by atoms with van der Waals surface area (Å²) in [5.41, 5.74) is 1.08. The zero-order chi connectivity index (χ0) is 22.3. The molecule has 0 bridgehead atoms. The van der Waals surface area contributed by atoms with Gasteiger partial charge in [0.05, 0.1) is 11.4 Å². The lowest BCUT2D eigenvalue weighted by atomic mass is 9.95. The molecule has 8 heteroatoms. The second-order valence-corrected chi connectivity index (χ2v) is 9.36. The second kappa shape index (κ2) is 10.7. The molecule has 2 fully saturated rings. The van der Waals surface area contributed by atoms with Crippen LogP contribution >= 0.6 is 11.3 Å². The molecule has 2 saturated heterocycles. The first-order valence-corrected chi connectivity index (χ1v) is 12.1. The Morgan fingerprint density at radius 1 is 0.875 bits per heavy atom. The minimum atomic E-state index is -0.0110. The summed E-state index contributed by atoms with van der Waals surface area (Å²) >= 11 is 1.46. The van der Waals surface area contributed by atoms with Gasteiger partial charge in [0.2, 0.25) is 11.8 Å². The maximum Gasteiger partial charge on any atom is 0.263 e. The third-order valence-corrected chi connectivity index (χ3v) is 7.10. The van der Waals surface area contributed by atoms with Crippen LogP contribution in [0.2, 0.25) is 0 Å². The highest BCUT2D eigenvalue weighted by atomic mass is 32.1. The van der Waals surface area contributed by atoms with Crippen molar-refractivity contribution in [2.45, 2.75) is 19.4 Å². The maximum atomic E-state index is 13.0. The number of piperidine rings is 1. The highest BCUT2D eigenvalue weighted by Gasteiger charge is 2.32. The summed E-state index contributed by atoms with van der Waals surface area (Å²) in [5, 5.41) is 4.88. The normalized spacial score (nSPS) is 17.9. The Balaban J connectivity index is 1.16. The molecule has 2 aliphatic rings. The molecule has 2 aliphatic heterocycles. The first kappa shape index (κ1) is 22.5. The van der Waals surface area contributed by atoms with E-state index in [4.69, 9.17) is 0 Å². The Hall–Kier alpha value is -2.71. The van der Waals surface area contributed by atoms with Gasteiger partial charge in [-0.2, -0.15) is 0 Å². The summed E-state index contributed by atoms with van der Waals surface area (Å²) in [5.74, 6) is 0.269. The van der Waals surface area contributed by atoms with Crippen molar-refractivity contribution in [3.63, 3.8) is 0 Å². The molecule has 4 rings (SSSR count). The first-order chi connectivity index (χ1) is 15.6. The number of benzene rings is 1. The fraction of sp³-hybridized carbons (Fsp3) is 0.458. The van der Waals surface area contributed by atoms with Crippen LogP contribution in [-0.2, 0) is 16.1 Å². The number of piperazine rings is 1. The van der Waals surface area contributed by atoms with Gasteiger partial charge in [0, 0.05) is 51.7 Å². The summed E-state index contributed by atoms with van der Waals surface area (Å²) in [4.78, 5) is 44.4. The largest absolute Gasteiger partial charge is 0.351 e. The van der Waals surface area contributed by atoms with Gasteiger partial charge < -0.3 is 15.1 Å². The molecule has 0 saturated carbocycles. The Labute approximate surface area is 193 Å². The van der Waals surface area contributed by atoms with E-state index in [0.717, 1.165) is 23.3 Å². The molecule has 7 nitrogen and oxygen atoms in total. The molecule has 0 atom stereocenters. The maximum absolute atomic E-state index is 13.0. The van der Waals surface area contributed by atoms with Crippen molar-refractivity contribution >= 4 is 29.1 Å². The molecular formula is C24H30N4O3S. The SMILES string of the molecule is O=C(CN1CCN(C(=O)C2CCN(C(=O)c3cccs3)CC2)CC1)NCc1ccccc1. The lowest BCUT2D eigenvalue weighted by molar-refractivity contribution is -0.138. The highest BCUT2D eigenvalue weighted by molar-refractivity contribution is 7.12. The molecule has 0 aliphatic carbocycles.